The minimum Gasteiger partial charge on any atom is -0.0851 e. The van der Waals surface area contributed by atoms with Gasteiger partial charge in [-0.05, 0) is 42.9 Å². The summed E-state index contributed by atoms with van der Waals surface area (Å²) in [6.07, 6.45) is 13.7. The first kappa shape index (κ1) is 10.3. The average Bonchev–Trinajstić information content (AvgIpc) is 2.80. The number of hydrogen-bond acceptors (Lipinski definition) is 0. The quantitative estimate of drug-likeness (QED) is 0.566. The summed E-state index contributed by atoms with van der Waals surface area (Å²) in [4.78, 5) is 0. The summed E-state index contributed by atoms with van der Waals surface area (Å²) in [5, 5.41) is 0. The molecular formula is C14H24. The van der Waals surface area contributed by atoms with Crippen LogP contribution in [0.5, 0.6) is 0 Å². The number of rotatable bonds is 5. The van der Waals surface area contributed by atoms with Crippen LogP contribution in [0.2, 0.25) is 0 Å². The lowest BCUT2D eigenvalue weighted by molar-refractivity contribution is 0.344. The Labute approximate surface area is 88.8 Å². The molecule has 0 heterocycles. The normalized spacial score (nSPS) is 34.6. The van der Waals surface area contributed by atoms with Crippen molar-refractivity contribution in [3.8, 4) is 0 Å². The predicted molar refractivity (Wildman–Crippen MR) is 62.2 cm³/mol. The van der Waals surface area contributed by atoms with Gasteiger partial charge in [0, 0.05) is 0 Å². The van der Waals surface area contributed by atoms with Crippen LogP contribution in [0.1, 0.15) is 52.4 Å². The van der Waals surface area contributed by atoms with Gasteiger partial charge < -0.3 is 0 Å². The Morgan fingerprint density at radius 2 is 1.93 bits per heavy atom. The second kappa shape index (κ2) is 4.51. The van der Waals surface area contributed by atoms with Gasteiger partial charge in [0.05, 0.1) is 0 Å². The molecule has 0 spiro atoms. The van der Waals surface area contributed by atoms with Gasteiger partial charge in [-0.2, -0.15) is 0 Å². The lowest BCUT2D eigenvalue weighted by Gasteiger charge is -2.20. The van der Waals surface area contributed by atoms with Crippen LogP contribution in [0.25, 0.3) is 0 Å². The maximum Gasteiger partial charge on any atom is -0.0199 e. The molecule has 2 rings (SSSR count). The summed E-state index contributed by atoms with van der Waals surface area (Å²) in [6.45, 7) is 4.68. The number of hydrogen-bond donors (Lipinski definition) is 0. The van der Waals surface area contributed by atoms with E-state index >= 15 is 0 Å². The Bertz CT molecular complexity index is 200. The van der Waals surface area contributed by atoms with E-state index in [1.807, 2.05) is 0 Å². The van der Waals surface area contributed by atoms with Crippen molar-refractivity contribution < 1.29 is 0 Å². The van der Waals surface area contributed by atoms with E-state index in [9.17, 15) is 0 Å². The highest BCUT2D eigenvalue weighted by Gasteiger charge is 2.35. The first-order valence-corrected chi connectivity index (χ1v) is 6.51. The minimum atomic E-state index is 0.965. The van der Waals surface area contributed by atoms with E-state index in [-0.39, 0.29) is 0 Å². The molecule has 2 aliphatic carbocycles. The van der Waals surface area contributed by atoms with Crippen LogP contribution in [-0.2, 0) is 0 Å². The molecule has 80 valence electrons. The summed E-state index contributed by atoms with van der Waals surface area (Å²) in [6, 6.07) is 0. The van der Waals surface area contributed by atoms with Gasteiger partial charge in [-0.25, -0.2) is 0 Å². The van der Waals surface area contributed by atoms with Crippen LogP contribution in [0.4, 0.5) is 0 Å². The second-order valence-electron chi connectivity index (χ2n) is 5.30. The maximum atomic E-state index is 2.49. The number of fused-ring (bicyclic) bond motifs is 2. The van der Waals surface area contributed by atoms with Gasteiger partial charge in [0.2, 0.25) is 0 Å². The van der Waals surface area contributed by atoms with Crippen LogP contribution in [0.15, 0.2) is 12.2 Å². The molecule has 0 N–H and O–H groups in total. The third kappa shape index (κ3) is 2.04. The molecule has 0 amide bonds. The van der Waals surface area contributed by atoms with Gasteiger partial charge in [0.25, 0.3) is 0 Å². The molecule has 2 aliphatic rings. The largest absolute Gasteiger partial charge is 0.0851 e. The van der Waals surface area contributed by atoms with E-state index in [0.29, 0.717) is 0 Å². The van der Waals surface area contributed by atoms with E-state index in [2.05, 4.69) is 26.0 Å². The molecule has 1 saturated carbocycles. The van der Waals surface area contributed by atoms with Crippen molar-refractivity contribution in [3.63, 3.8) is 0 Å². The fourth-order valence-corrected chi connectivity index (χ4v) is 3.37. The van der Waals surface area contributed by atoms with E-state index in [4.69, 9.17) is 0 Å². The van der Waals surface area contributed by atoms with Gasteiger partial charge in [-0.3, -0.25) is 0 Å². The van der Waals surface area contributed by atoms with Gasteiger partial charge >= 0.3 is 0 Å². The summed E-state index contributed by atoms with van der Waals surface area (Å²) in [7, 11) is 0. The molecule has 3 atom stereocenters. The molecule has 0 radical (unpaired) electrons. The van der Waals surface area contributed by atoms with Crippen LogP contribution < -0.4 is 0 Å². The van der Waals surface area contributed by atoms with Gasteiger partial charge in [-0.1, -0.05) is 45.3 Å². The fourth-order valence-electron chi connectivity index (χ4n) is 3.37. The predicted octanol–water partition coefficient (Wildman–Crippen LogP) is 4.42. The average molecular weight is 192 g/mol. The lowest BCUT2D eigenvalue weighted by atomic mass is 9.85. The molecule has 14 heavy (non-hydrogen) atoms. The Morgan fingerprint density at radius 3 is 2.43 bits per heavy atom. The first-order chi connectivity index (χ1) is 6.83. The third-order valence-corrected chi connectivity index (χ3v) is 4.52. The topological polar surface area (TPSA) is 0 Å². The standard InChI is InChI=1S/C14H24/c1-3-11(4-2)5-7-13-9-12-6-8-14(13)10-12/h6,8,11-14H,3-5,7,9-10H2,1-2H3. The van der Waals surface area contributed by atoms with Crippen molar-refractivity contribution in [2.45, 2.75) is 52.4 Å². The summed E-state index contributed by atoms with van der Waals surface area (Å²) < 4.78 is 0. The van der Waals surface area contributed by atoms with Crippen molar-refractivity contribution in [2.75, 3.05) is 0 Å². The van der Waals surface area contributed by atoms with Crippen molar-refractivity contribution in [1.82, 2.24) is 0 Å². The summed E-state index contributed by atoms with van der Waals surface area (Å²) >= 11 is 0. The van der Waals surface area contributed by atoms with Crippen LogP contribution >= 0.6 is 0 Å². The van der Waals surface area contributed by atoms with E-state index in [1.165, 1.54) is 38.5 Å². The van der Waals surface area contributed by atoms with Crippen LogP contribution in [-0.4, -0.2) is 0 Å². The Kier molecular flexibility index (Phi) is 3.30. The maximum absolute atomic E-state index is 2.49. The van der Waals surface area contributed by atoms with Crippen molar-refractivity contribution in [2.24, 2.45) is 23.7 Å². The molecule has 0 nitrogen and oxygen atoms in total. The smallest absolute Gasteiger partial charge is 0.0199 e. The first-order valence-electron chi connectivity index (χ1n) is 6.51. The Morgan fingerprint density at radius 1 is 1.14 bits per heavy atom. The molecule has 0 aromatic rings. The zero-order valence-electron chi connectivity index (χ0n) is 9.71. The van der Waals surface area contributed by atoms with Crippen LogP contribution in [0, 0.1) is 23.7 Å². The third-order valence-electron chi connectivity index (χ3n) is 4.52. The highest BCUT2D eigenvalue weighted by Crippen LogP contribution is 2.45. The highest BCUT2D eigenvalue weighted by molar-refractivity contribution is 5.09. The molecule has 0 aromatic heterocycles. The molecule has 0 aromatic carbocycles. The molecule has 0 heteroatoms. The Hall–Kier alpha value is -0.260. The van der Waals surface area contributed by atoms with Crippen molar-refractivity contribution >= 4 is 0 Å². The molecule has 0 saturated heterocycles. The van der Waals surface area contributed by atoms with Gasteiger partial charge in [-0.15, -0.1) is 0 Å². The molecule has 1 fully saturated rings. The molecule has 3 unspecified atom stereocenters. The monoisotopic (exact) mass is 192 g/mol. The van der Waals surface area contributed by atoms with Crippen molar-refractivity contribution in [3.05, 3.63) is 12.2 Å². The summed E-state index contributed by atoms with van der Waals surface area (Å²) in [5.41, 5.74) is 0. The zero-order valence-corrected chi connectivity index (χ0v) is 9.71. The number of allylic oxidation sites excluding steroid dienone is 2. The molecule has 0 aliphatic heterocycles. The summed E-state index contributed by atoms with van der Waals surface area (Å²) in [5.74, 6) is 3.98. The zero-order chi connectivity index (χ0) is 9.97. The van der Waals surface area contributed by atoms with Gasteiger partial charge in [0.15, 0.2) is 0 Å². The second-order valence-corrected chi connectivity index (χ2v) is 5.30. The SMILES string of the molecule is CCC(CC)CCC1CC2C=CC1C2. The Balaban J connectivity index is 1.74. The van der Waals surface area contributed by atoms with Crippen LogP contribution in [0.3, 0.4) is 0 Å². The van der Waals surface area contributed by atoms with E-state index < -0.39 is 0 Å². The lowest BCUT2D eigenvalue weighted by Crippen LogP contribution is -2.09. The minimum absolute atomic E-state index is 0.965. The van der Waals surface area contributed by atoms with E-state index in [1.54, 1.807) is 0 Å². The molecule has 2 bridgehead atoms. The fraction of sp³-hybridized carbons (Fsp3) is 0.857. The van der Waals surface area contributed by atoms with Gasteiger partial charge in [0.1, 0.15) is 0 Å². The highest BCUT2D eigenvalue weighted by atomic mass is 14.4. The van der Waals surface area contributed by atoms with E-state index in [0.717, 1.165) is 23.7 Å². The van der Waals surface area contributed by atoms with Crippen molar-refractivity contribution in [1.29, 1.82) is 0 Å². The molecular weight excluding hydrogens is 168 g/mol.